The van der Waals surface area contributed by atoms with Crippen LogP contribution in [0.1, 0.15) is 57.9 Å². The van der Waals surface area contributed by atoms with Crippen molar-refractivity contribution in [2.24, 2.45) is 5.73 Å². The third-order valence-corrected chi connectivity index (χ3v) is 10.5. The number of ether oxygens (including phenoxy) is 2. The molecule has 5 rings (SSSR count). The summed E-state index contributed by atoms with van der Waals surface area (Å²) in [4.78, 5) is 58.5. The quantitative estimate of drug-likeness (QED) is 0.0742. The second kappa shape index (κ2) is 20.9. The topological polar surface area (TPSA) is 203 Å². The number of nitrogens with zero attached hydrogens (tertiary/aromatic N) is 4. The van der Waals surface area contributed by atoms with Gasteiger partial charge in [-0.1, -0.05) is 34.0 Å². The summed E-state index contributed by atoms with van der Waals surface area (Å²) in [5, 5.41) is 13.0. The highest BCUT2D eigenvalue weighted by Gasteiger charge is 2.41. The smallest absolute Gasteiger partial charge is 0.445 e. The van der Waals surface area contributed by atoms with Crippen LogP contribution in [-0.4, -0.2) is 81.5 Å². The number of nitrogens with two attached hydrogens (primary N) is 1. The molecule has 0 fully saturated rings. The maximum atomic E-state index is 14.4. The van der Waals surface area contributed by atoms with Gasteiger partial charge in [-0.15, -0.1) is 11.5 Å². The van der Waals surface area contributed by atoms with Crippen molar-refractivity contribution in [3.63, 3.8) is 0 Å². The number of carbonyl (C=O) groups excluding carboxylic acids is 3. The largest absolute Gasteiger partial charge is 0.480 e. The van der Waals surface area contributed by atoms with Gasteiger partial charge in [-0.25, -0.2) is 13.7 Å². The summed E-state index contributed by atoms with van der Waals surface area (Å²) in [5.41, 5.74) is 6.35. The molecule has 3 unspecified atom stereocenters. The number of halogens is 6. The first-order valence-corrected chi connectivity index (χ1v) is 21.0. The second-order valence-electron chi connectivity index (χ2n) is 13.3. The maximum Gasteiger partial charge on any atom is 0.445 e. The Hall–Kier alpha value is -4.93. The molecule has 0 saturated carbocycles. The number of aliphatic carboxylic acids is 1. The van der Waals surface area contributed by atoms with E-state index in [0.29, 0.717) is 29.7 Å². The van der Waals surface area contributed by atoms with Crippen LogP contribution in [0.4, 0.5) is 33.3 Å². The number of hydrogen-bond donors (Lipinski definition) is 3. The zero-order chi connectivity index (χ0) is 44.4. The molecule has 3 aromatic rings. The molecule has 0 saturated heterocycles. The lowest BCUT2D eigenvalue weighted by Gasteiger charge is -2.26. The molecular weight excluding hydrogens is 852 g/mol. The molecule has 2 aromatic carbocycles. The van der Waals surface area contributed by atoms with E-state index < -0.39 is 72.6 Å². The minimum atomic E-state index is -4.61. The maximum absolute atomic E-state index is 14.4. The number of carbonyl (C=O) groups is 4. The number of carboxylic acids is 1. The molecule has 1 aromatic heterocycles. The van der Waals surface area contributed by atoms with Crippen molar-refractivity contribution in [3.8, 4) is 23.3 Å². The van der Waals surface area contributed by atoms with Gasteiger partial charge in [0.1, 0.15) is 23.4 Å². The molecule has 2 aliphatic rings. The van der Waals surface area contributed by atoms with Crippen molar-refractivity contribution in [1.82, 2.24) is 10.2 Å². The number of carboxylic acid groups (broad SMARTS) is 1. The number of amides is 3. The van der Waals surface area contributed by atoms with Crippen molar-refractivity contribution in [2.75, 3.05) is 29.2 Å². The monoisotopic (exact) mass is 891 g/mol. The van der Waals surface area contributed by atoms with Gasteiger partial charge >= 0.3 is 12.1 Å². The molecule has 4 N–H and O–H groups in total. The van der Waals surface area contributed by atoms with Gasteiger partial charge in [0, 0.05) is 41.8 Å². The summed E-state index contributed by atoms with van der Waals surface area (Å²) in [6, 6.07) is 6.26. The zero-order valence-corrected chi connectivity index (χ0v) is 34.4. The first kappa shape index (κ1) is 48.4. The molecule has 3 atom stereocenters. The lowest BCUT2D eigenvalue weighted by atomic mass is 9.93. The van der Waals surface area contributed by atoms with Crippen LogP contribution in [-0.2, 0) is 29.9 Å². The summed E-state index contributed by atoms with van der Waals surface area (Å²) in [6.07, 6.45) is 2.86. The highest BCUT2D eigenvalue weighted by molar-refractivity contribution is 7.57. The zero-order valence-electron chi connectivity index (χ0n) is 32.0. The van der Waals surface area contributed by atoms with Gasteiger partial charge in [-0.3, -0.25) is 23.7 Å². The number of benzene rings is 2. The normalized spacial score (nSPS) is 15.8. The molecular formula is C37H40ClF5N5O9PS. The molecule has 1 aliphatic carbocycles. The molecule has 1 aliphatic heterocycles. The average molecular weight is 892 g/mol. The SMILES string of the molecule is C#CC(C)Oc1cc(N2C(=O)C3=C(CCCC3)C2=O)c(F)cc1Cl.CC(C)N(C(=O)COc1nnc(C(F)(F)F)s1)c1ccc(F)cc1.CP(=O)(O)CCC(N)C(=O)O. The molecule has 0 spiro atoms. The van der Waals surface area contributed by atoms with E-state index in [2.05, 4.69) is 16.1 Å². The van der Waals surface area contributed by atoms with Gasteiger partial charge in [-0.2, -0.15) is 13.2 Å². The van der Waals surface area contributed by atoms with Crippen LogP contribution in [0.25, 0.3) is 0 Å². The van der Waals surface area contributed by atoms with Crippen LogP contribution in [0.5, 0.6) is 10.9 Å². The third kappa shape index (κ3) is 13.8. The molecule has 3 amide bonds. The number of hydrogen-bond acceptors (Lipinski definition) is 11. The van der Waals surface area contributed by atoms with Crippen LogP contribution in [0.15, 0.2) is 47.5 Å². The average Bonchev–Trinajstić information content (AvgIpc) is 3.74. The summed E-state index contributed by atoms with van der Waals surface area (Å²) < 4.78 is 85.8. The van der Waals surface area contributed by atoms with E-state index in [4.69, 9.17) is 43.2 Å². The van der Waals surface area contributed by atoms with Crippen LogP contribution < -0.4 is 25.0 Å². The first-order chi connectivity index (χ1) is 27.4. The number of alkyl halides is 3. The molecule has 320 valence electrons. The van der Waals surface area contributed by atoms with Crippen molar-refractivity contribution in [2.45, 2.75) is 77.2 Å². The minimum Gasteiger partial charge on any atom is -0.480 e. The summed E-state index contributed by atoms with van der Waals surface area (Å²) in [5.74, 6) is -1.28. The number of imide groups is 1. The van der Waals surface area contributed by atoms with Gasteiger partial charge in [0.15, 0.2) is 20.1 Å². The van der Waals surface area contributed by atoms with Crippen molar-refractivity contribution in [1.29, 1.82) is 0 Å². The molecule has 0 bridgehead atoms. The van der Waals surface area contributed by atoms with Gasteiger partial charge < -0.3 is 30.1 Å². The predicted octanol–water partition coefficient (Wildman–Crippen LogP) is 6.83. The Morgan fingerprint density at radius 1 is 1.08 bits per heavy atom. The molecule has 2 heterocycles. The fraction of sp³-hybridized carbons (Fsp3) is 0.405. The van der Waals surface area contributed by atoms with Crippen LogP contribution in [0.3, 0.4) is 0 Å². The van der Waals surface area contributed by atoms with E-state index in [0.717, 1.165) is 23.8 Å². The Labute approximate surface area is 344 Å². The van der Waals surface area contributed by atoms with E-state index in [1.165, 1.54) is 41.9 Å². The van der Waals surface area contributed by atoms with Crippen LogP contribution in [0.2, 0.25) is 5.02 Å². The number of aromatic nitrogens is 2. The Morgan fingerprint density at radius 3 is 2.14 bits per heavy atom. The highest BCUT2D eigenvalue weighted by Crippen LogP contribution is 2.40. The predicted molar refractivity (Wildman–Crippen MR) is 209 cm³/mol. The highest BCUT2D eigenvalue weighted by atomic mass is 35.5. The molecule has 0 radical (unpaired) electrons. The van der Waals surface area contributed by atoms with Gasteiger partial charge in [0.05, 0.1) is 10.7 Å². The first-order valence-electron chi connectivity index (χ1n) is 17.6. The summed E-state index contributed by atoms with van der Waals surface area (Å²) in [7, 11) is -3.10. The van der Waals surface area contributed by atoms with Crippen LogP contribution >= 0.6 is 30.3 Å². The lowest BCUT2D eigenvalue weighted by Crippen LogP contribution is -2.40. The van der Waals surface area contributed by atoms with Crippen molar-refractivity contribution < 1.29 is 65.2 Å². The number of rotatable bonds is 12. The Balaban J connectivity index is 0.000000254. The summed E-state index contributed by atoms with van der Waals surface area (Å²) in [6.45, 7) is 5.79. The van der Waals surface area contributed by atoms with Crippen LogP contribution in [0, 0.1) is 24.0 Å². The van der Waals surface area contributed by atoms with E-state index in [1.54, 1.807) is 20.8 Å². The molecule has 59 heavy (non-hydrogen) atoms. The van der Waals surface area contributed by atoms with Gasteiger partial charge in [-0.05, 0) is 83.2 Å². The third-order valence-electron chi connectivity index (χ3n) is 8.20. The van der Waals surface area contributed by atoms with E-state index >= 15 is 0 Å². The standard InChI is InChI=1S/C18H15ClFNO3.C14H13F4N3O2S.C5H12NO4P/c1-3-10(2)24-16-9-15(14(20)8-13(16)19)21-17(22)11-6-4-5-7-12(11)18(21)23;1-8(2)21(10-5-3-9(15)4-6-10)11(22)7-23-13-20-19-12(24-13)14(16,17)18;1-11(9,10)3-2-4(6)5(7)8/h1,8-10H,4-7H2,2H3;3-6,8H,7H2,1-2H3;4H,2-3,6H2,1H3,(H,7,8)(H,9,10). The minimum absolute atomic E-state index is 0.0233. The summed E-state index contributed by atoms with van der Waals surface area (Å²) >= 11 is 6.18. The number of terminal acetylenes is 1. The fourth-order valence-electron chi connectivity index (χ4n) is 5.37. The molecule has 14 nitrogen and oxygen atoms in total. The lowest BCUT2D eigenvalue weighted by molar-refractivity contribution is -0.139. The van der Waals surface area contributed by atoms with Crippen molar-refractivity contribution >= 4 is 65.4 Å². The fourth-order valence-corrected chi connectivity index (χ4v) is 6.89. The van der Waals surface area contributed by atoms with Gasteiger partial charge in [0.2, 0.25) is 5.01 Å². The number of anilines is 2. The van der Waals surface area contributed by atoms with Gasteiger partial charge in [0.25, 0.3) is 22.9 Å². The van der Waals surface area contributed by atoms with E-state index in [1.807, 2.05) is 0 Å². The van der Waals surface area contributed by atoms with Crippen molar-refractivity contribution in [3.05, 3.63) is 69.2 Å². The second-order valence-corrected chi connectivity index (χ2v) is 17.2. The Kier molecular flexibility index (Phi) is 17.1. The Bertz CT molecular complexity index is 2110. The van der Waals surface area contributed by atoms with E-state index in [-0.39, 0.29) is 51.6 Å². The molecule has 22 heteroatoms. The Morgan fingerprint density at radius 2 is 1.66 bits per heavy atom. The van der Waals surface area contributed by atoms with E-state index in [9.17, 15) is 45.7 Å².